The van der Waals surface area contributed by atoms with Crippen LogP contribution in [0.4, 0.5) is 5.69 Å². The number of anilines is 1. The average molecular weight is 406 g/mol. The third kappa shape index (κ3) is 4.36. The highest BCUT2D eigenvalue weighted by molar-refractivity contribution is 5.98. The fourth-order valence-corrected chi connectivity index (χ4v) is 4.01. The molecule has 1 unspecified atom stereocenters. The van der Waals surface area contributed by atoms with Gasteiger partial charge in [-0.3, -0.25) is 19.3 Å². The Morgan fingerprint density at radius 3 is 2.70 bits per heavy atom. The average Bonchev–Trinajstić information content (AvgIpc) is 2.75. The summed E-state index contributed by atoms with van der Waals surface area (Å²) in [6, 6.07) is 14.6. The van der Waals surface area contributed by atoms with Gasteiger partial charge in [-0.05, 0) is 30.2 Å². The predicted octanol–water partition coefficient (Wildman–Crippen LogP) is 1.43. The van der Waals surface area contributed by atoms with Gasteiger partial charge in [0.2, 0.25) is 11.8 Å². The lowest BCUT2D eigenvalue weighted by Crippen LogP contribution is -2.64. The summed E-state index contributed by atoms with van der Waals surface area (Å²) >= 11 is 0. The first kappa shape index (κ1) is 20.1. The van der Waals surface area contributed by atoms with E-state index in [2.05, 4.69) is 15.5 Å². The molecule has 2 fully saturated rings. The van der Waals surface area contributed by atoms with Crippen LogP contribution in [-0.2, 0) is 16.0 Å². The minimum absolute atomic E-state index is 0.0171. The zero-order valence-corrected chi connectivity index (χ0v) is 17.1. The topological polar surface area (TPSA) is 81.8 Å². The number of hydrogen-bond acceptors (Lipinski definition) is 4. The van der Waals surface area contributed by atoms with Crippen molar-refractivity contribution in [2.75, 3.05) is 38.0 Å². The monoisotopic (exact) mass is 406 g/mol. The molecule has 0 saturated carbocycles. The van der Waals surface area contributed by atoms with Crippen molar-refractivity contribution < 1.29 is 14.4 Å². The Morgan fingerprint density at radius 2 is 1.90 bits per heavy atom. The molecule has 2 saturated heterocycles. The van der Waals surface area contributed by atoms with Gasteiger partial charge in [0, 0.05) is 44.0 Å². The Kier molecular flexibility index (Phi) is 5.81. The van der Waals surface area contributed by atoms with Gasteiger partial charge in [0.1, 0.15) is 6.04 Å². The lowest BCUT2D eigenvalue weighted by Gasteiger charge is -2.43. The van der Waals surface area contributed by atoms with Crippen molar-refractivity contribution >= 4 is 23.4 Å². The molecule has 2 aliphatic rings. The number of carbonyl (C=O) groups is 3. The maximum atomic E-state index is 13.1. The van der Waals surface area contributed by atoms with Gasteiger partial charge in [-0.1, -0.05) is 36.4 Å². The third-order valence-electron chi connectivity index (χ3n) is 5.75. The van der Waals surface area contributed by atoms with E-state index in [4.69, 9.17) is 0 Å². The van der Waals surface area contributed by atoms with Gasteiger partial charge >= 0.3 is 0 Å². The van der Waals surface area contributed by atoms with E-state index in [1.165, 1.54) is 0 Å². The predicted molar refractivity (Wildman–Crippen MR) is 114 cm³/mol. The number of hydrogen-bond donors (Lipinski definition) is 2. The van der Waals surface area contributed by atoms with Crippen molar-refractivity contribution in [1.29, 1.82) is 0 Å². The SMILES string of the molecule is Cc1ccc(C(=O)N2CCN3CCNC(=O)C3C2)cc1NC(=O)Cc1ccccc1. The van der Waals surface area contributed by atoms with E-state index in [1.54, 1.807) is 17.0 Å². The molecule has 0 radical (unpaired) electrons. The Bertz CT molecular complexity index is 960. The van der Waals surface area contributed by atoms with Gasteiger partial charge in [-0.15, -0.1) is 0 Å². The van der Waals surface area contributed by atoms with Crippen LogP contribution in [0, 0.1) is 6.92 Å². The van der Waals surface area contributed by atoms with Gasteiger partial charge in [-0.25, -0.2) is 0 Å². The smallest absolute Gasteiger partial charge is 0.254 e. The van der Waals surface area contributed by atoms with Crippen molar-refractivity contribution in [3.8, 4) is 0 Å². The molecule has 30 heavy (non-hydrogen) atoms. The molecule has 1 atom stereocenters. The van der Waals surface area contributed by atoms with Gasteiger partial charge < -0.3 is 15.5 Å². The fourth-order valence-electron chi connectivity index (χ4n) is 4.01. The van der Waals surface area contributed by atoms with Crippen LogP contribution in [0.1, 0.15) is 21.5 Å². The molecule has 2 N–H and O–H groups in total. The molecule has 156 valence electrons. The standard InChI is InChI=1S/C23H26N4O3/c1-16-7-8-18(14-19(16)25-21(28)13-17-5-3-2-4-6-17)23(30)27-12-11-26-10-9-24-22(29)20(26)15-27/h2-8,14,20H,9-13,15H2,1H3,(H,24,29)(H,25,28). The number of benzene rings is 2. The van der Waals surface area contributed by atoms with Crippen LogP contribution in [0.5, 0.6) is 0 Å². The number of nitrogens with one attached hydrogen (secondary N) is 2. The summed E-state index contributed by atoms with van der Waals surface area (Å²) in [5.74, 6) is -0.260. The summed E-state index contributed by atoms with van der Waals surface area (Å²) in [7, 11) is 0. The Balaban J connectivity index is 1.45. The van der Waals surface area contributed by atoms with Crippen molar-refractivity contribution in [3.05, 3.63) is 65.2 Å². The molecular weight excluding hydrogens is 380 g/mol. The van der Waals surface area contributed by atoms with Crippen LogP contribution in [0.15, 0.2) is 48.5 Å². The molecular formula is C23H26N4O3. The summed E-state index contributed by atoms with van der Waals surface area (Å²) < 4.78 is 0. The largest absolute Gasteiger partial charge is 0.353 e. The number of rotatable bonds is 4. The number of amides is 3. The van der Waals surface area contributed by atoms with E-state index >= 15 is 0 Å². The molecule has 0 spiro atoms. The number of nitrogens with zero attached hydrogens (tertiary/aromatic N) is 2. The number of aryl methyl sites for hydroxylation is 1. The maximum Gasteiger partial charge on any atom is 0.254 e. The van der Waals surface area contributed by atoms with Crippen LogP contribution < -0.4 is 10.6 Å². The van der Waals surface area contributed by atoms with Gasteiger partial charge in [0.15, 0.2) is 0 Å². The van der Waals surface area contributed by atoms with E-state index in [0.29, 0.717) is 37.4 Å². The van der Waals surface area contributed by atoms with Crippen molar-refractivity contribution in [1.82, 2.24) is 15.1 Å². The highest BCUT2D eigenvalue weighted by Gasteiger charge is 2.36. The molecule has 7 heteroatoms. The van der Waals surface area contributed by atoms with Crippen LogP contribution in [0.3, 0.4) is 0 Å². The summed E-state index contributed by atoms with van der Waals surface area (Å²) in [4.78, 5) is 41.6. The van der Waals surface area contributed by atoms with E-state index in [1.807, 2.05) is 43.3 Å². The number of fused-ring (bicyclic) bond motifs is 1. The number of piperazine rings is 2. The minimum Gasteiger partial charge on any atom is -0.353 e. The molecule has 2 aromatic rings. The zero-order valence-electron chi connectivity index (χ0n) is 17.1. The Labute approximate surface area is 176 Å². The third-order valence-corrected chi connectivity index (χ3v) is 5.75. The van der Waals surface area contributed by atoms with Crippen LogP contribution >= 0.6 is 0 Å². The van der Waals surface area contributed by atoms with E-state index in [9.17, 15) is 14.4 Å². The maximum absolute atomic E-state index is 13.1. The quantitative estimate of drug-likeness (QED) is 0.805. The molecule has 0 bridgehead atoms. The van der Waals surface area contributed by atoms with E-state index < -0.39 is 0 Å². The molecule has 2 aliphatic heterocycles. The highest BCUT2D eigenvalue weighted by Crippen LogP contribution is 2.21. The Hall–Kier alpha value is -3.19. The van der Waals surface area contributed by atoms with Crippen LogP contribution in [-0.4, -0.2) is 66.3 Å². The second-order valence-electron chi connectivity index (χ2n) is 7.83. The first-order valence-corrected chi connectivity index (χ1v) is 10.3. The van der Waals surface area contributed by atoms with Gasteiger partial charge in [0.05, 0.1) is 6.42 Å². The van der Waals surface area contributed by atoms with Crippen LogP contribution in [0.25, 0.3) is 0 Å². The second-order valence-corrected chi connectivity index (χ2v) is 7.83. The van der Waals surface area contributed by atoms with E-state index in [0.717, 1.165) is 17.7 Å². The summed E-state index contributed by atoms with van der Waals surface area (Å²) in [6.07, 6.45) is 0.275. The minimum atomic E-state index is -0.285. The number of carbonyl (C=O) groups excluding carboxylic acids is 3. The molecule has 0 aliphatic carbocycles. The van der Waals surface area contributed by atoms with E-state index in [-0.39, 0.29) is 30.2 Å². The van der Waals surface area contributed by atoms with Crippen LogP contribution in [0.2, 0.25) is 0 Å². The lowest BCUT2D eigenvalue weighted by atomic mass is 10.1. The normalized spacial score (nSPS) is 19.0. The first-order valence-electron chi connectivity index (χ1n) is 10.3. The molecule has 3 amide bonds. The molecule has 7 nitrogen and oxygen atoms in total. The van der Waals surface area contributed by atoms with Crippen molar-refractivity contribution in [2.24, 2.45) is 0 Å². The molecule has 2 aromatic carbocycles. The first-order chi connectivity index (χ1) is 14.5. The highest BCUT2D eigenvalue weighted by atomic mass is 16.2. The summed E-state index contributed by atoms with van der Waals surface area (Å²) in [5, 5.41) is 5.80. The van der Waals surface area contributed by atoms with Crippen molar-refractivity contribution in [3.63, 3.8) is 0 Å². The molecule has 0 aromatic heterocycles. The fraction of sp³-hybridized carbons (Fsp3) is 0.348. The summed E-state index contributed by atoms with van der Waals surface area (Å²) in [5.41, 5.74) is 2.98. The van der Waals surface area contributed by atoms with Gasteiger partial charge in [-0.2, -0.15) is 0 Å². The molecule has 4 rings (SSSR count). The van der Waals surface area contributed by atoms with Crippen molar-refractivity contribution in [2.45, 2.75) is 19.4 Å². The summed E-state index contributed by atoms with van der Waals surface area (Å²) in [6.45, 7) is 5.04. The molecule has 2 heterocycles. The second kappa shape index (κ2) is 8.67. The van der Waals surface area contributed by atoms with Gasteiger partial charge in [0.25, 0.3) is 5.91 Å². The Morgan fingerprint density at radius 1 is 1.10 bits per heavy atom. The zero-order chi connectivity index (χ0) is 21.1. The lowest BCUT2D eigenvalue weighted by molar-refractivity contribution is -0.131.